The average molecular weight is 294 g/mol. The lowest BCUT2D eigenvalue weighted by Gasteiger charge is -2.23. The van der Waals surface area contributed by atoms with Crippen LogP contribution in [-0.4, -0.2) is 18.5 Å². The van der Waals surface area contributed by atoms with E-state index in [2.05, 4.69) is 20.8 Å². The Bertz CT molecular complexity index is 648. The average Bonchev–Trinajstić information content (AvgIpc) is 2.32. The molecule has 0 radical (unpaired) electrons. The van der Waals surface area contributed by atoms with Gasteiger partial charge < -0.3 is 9.32 Å². The number of hydrogen-bond donors (Lipinski definition) is 0. The maximum absolute atomic E-state index is 12.4. The number of fused-ring (bicyclic) bond motifs is 2. The second-order valence-electron chi connectivity index (χ2n) is 4.46. The molecule has 0 amide bonds. The predicted molar refractivity (Wildman–Crippen MR) is 70.2 cm³/mol. The SMILES string of the molecule is CN1CCc2oc3ccc(Br)cc3c(=O)c2C1. The number of nitrogens with zero attached hydrogens (tertiary/aromatic N) is 1. The summed E-state index contributed by atoms with van der Waals surface area (Å²) in [5.74, 6) is 0.850. The molecule has 1 aromatic heterocycles. The largest absolute Gasteiger partial charge is 0.460 e. The van der Waals surface area contributed by atoms with Crippen molar-refractivity contribution in [1.29, 1.82) is 0 Å². The Morgan fingerprint density at radius 2 is 2.24 bits per heavy atom. The van der Waals surface area contributed by atoms with Crippen molar-refractivity contribution in [3.63, 3.8) is 0 Å². The van der Waals surface area contributed by atoms with Crippen LogP contribution >= 0.6 is 15.9 Å². The minimum Gasteiger partial charge on any atom is -0.460 e. The van der Waals surface area contributed by atoms with E-state index in [1.54, 1.807) is 0 Å². The monoisotopic (exact) mass is 293 g/mol. The zero-order chi connectivity index (χ0) is 12.0. The molecule has 0 spiro atoms. The highest BCUT2D eigenvalue weighted by atomic mass is 79.9. The number of likely N-dealkylation sites (N-methyl/N-ethyl adjacent to an activating group) is 1. The maximum atomic E-state index is 12.4. The highest BCUT2D eigenvalue weighted by molar-refractivity contribution is 9.10. The van der Waals surface area contributed by atoms with Gasteiger partial charge in [0.2, 0.25) is 0 Å². The van der Waals surface area contributed by atoms with Crippen molar-refractivity contribution in [1.82, 2.24) is 4.90 Å². The van der Waals surface area contributed by atoms with Crippen LogP contribution in [0.25, 0.3) is 11.0 Å². The Morgan fingerprint density at radius 1 is 1.41 bits per heavy atom. The molecule has 2 heterocycles. The molecule has 4 heteroatoms. The summed E-state index contributed by atoms with van der Waals surface area (Å²) in [6.45, 7) is 1.62. The fraction of sp³-hybridized carbons (Fsp3) is 0.308. The van der Waals surface area contributed by atoms with Gasteiger partial charge in [0.25, 0.3) is 0 Å². The maximum Gasteiger partial charge on any atom is 0.197 e. The van der Waals surface area contributed by atoms with Gasteiger partial charge in [-0.2, -0.15) is 0 Å². The summed E-state index contributed by atoms with van der Waals surface area (Å²) >= 11 is 3.38. The first-order chi connectivity index (χ1) is 8.15. The van der Waals surface area contributed by atoms with Gasteiger partial charge in [0.1, 0.15) is 11.3 Å². The van der Waals surface area contributed by atoms with Crippen molar-refractivity contribution in [2.24, 2.45) is 0 Å². The molecule has 3 rings (SSSR count). The van der Waals surface area contributed by atoms with Gasteiger partial charge in [-0.3, -0.25) is 4.79 Å². The minimum absolute atomic E-state index is 0.106. The molecule has 17 heavy (non-hydrogen) atoms. The third kappa shape index (κ3) is 1.81. The number of rotatable bonds is 0. The number of hydrogen-bond acceptors (Lipinski definition) is 3. The molecule has 0 saturated carbocycles. The first-order valence-corrected chi connectivity index (χ1v) is 6.37. The van der Waals surface area contributed by atoms with Gasteiger partial charge in [-0.05, 0) is 25.2 Å². The standard InChI is InChI=1S/C13H12BrNO2/c1-15-5-4-12-10(7-15)13(16)9-6-8(14)2-3-11(9)17-12/h2-3,6H,4-5,7H2,1H3. The van der Waals surface area contributed by atoms with Crippen LogP contribution in [0.15, 0.2) is 31.9 Å². The van der Waals surface area contributed by atoms with Gasteiger partial charge in [-0.25, -0.2) is 0 Å². The Balaban J connectivity index is 2.33. The van der Waals surface area contributed by atoms with Gasteiger partial charge in [0, 0.05) is 24.0 Å². The molecule has 1 aliphatic heterocycles. The van der Waals surface area contributed by atoms with Crippen LogP contribution in [0.2, 0.25) is 0 Å². The summed E-state index contributed by atoms with van der Waals surface area (Å²) in [5, 5.41) is 0.661. The topological polar surface area (TPSA) is 33.5 Å². The second kappa shape index (κ2) is 3.96. The first-order valence-electron chi connectivity index (χ1n) is 5.58. The number of halogens is 1. The van der Waals surface area contributed by atoms with Crippen molar-refractivity contribution in [2.75, 3.05) is 13.6 Å². The summed E-state index contributed by atoms with van der Waals surface area (Å²) < 4.78 is 6.72. The molecular formula is C13H12BrNO2. The molecule has 0 aliphatic carbocycles. The fourth-order valence-corrected chi connectivity index (χ4v) is 2.62. The normalized spacial score (nSPS) is 16.1. The highest BCUT2D eigenvalue weighted by Crippen LogP contribution is 2.23. The highest BCUT2D eigenvalue weighted by Gasteiger charge is 2.20. The van der Waals surface area contributed by atoms with Crippen molar-refractivity contribution < 1.29 is 4.42 Å². The number of benzene rings is 1. The van der Waals surface area contributed by atoms with Gasteiger partial charge in [0.05, 0.1) is 10.9 Å². The summed E-state index contributed by atoms with van der Waals surface area (Å²) in [4.78, 5) is 14.5. The Kier molecular flexibility index (Phi) is 2.56. The van der Waals surface area contributed by atoms with Crippen molar-refractivity contribution in [3.05, 3.63) is 44.2 Å². The molecule has 1 aliphatic rings. The molecular weight excluding hydrogens is 282 g/mol. The third-order valence-corrected chi connectivity index (χ3v) is 3.67. The van der Waals surface area contributed by atoms with Crippen molar-refractivity contribution in [2.45, 2.75) is 13.0 Å². The quantitative estimate of drug-likeness (QED) is 0.748. The Labute approximate surface area is 107 Å². The molecule has 0 fully saturated rings. The predicted octanol–water partition coefficient (Wildman–Crippen LogP) is 2.54. The van der Waals surface area contributed by atoms with Gasteiger partial charge >= 0.3 is 0 Å². The zero-order valence-corrected chi connectivity index (χ0v) is 11.1. The third-order valence-electron chi connectivity index (χ3n) is 3.18. The lowest BCUT2D eigenvalue weighted by atomic mass is 10.0. The fourth-order valence-electron chi connectivity index (χ4n) is 2.26. The van der Waals surface area contributed by atoms with E-state index in [0.717, 1.165) is 28.8 Å². The van der Waals surface area contributed by atoms with E-state index in [4.69, 9.17) is 4.42 Å². The van der Waals surface area contributed by atoms with Crippen LogP contribution in [0.3, 0.4) is 0 Å². The van der Waals surface area contributed by atoms with Crippen LogP contribution in [0.4, 0.5) is 0 Å². The molecule has 88 valence electrons. The van der Waals surface area contributed by atoms with Crippen LogP contribution in [0, 0.1) is 0 Å². The summed E-state index contributed by atoms with van der Waals surface area (Å²) in [5.41, 5.74) is 1.60. The van der Waals surface area contributed by atoms with E-state index in [0.29, 0.717) is 17.5 Å². The second-order valence-corrected chi connectivity index (χ2v) is 5.38. The summed E-state index contributed by atoms with van der Waals surface area (Å²) in [6, 6.07) is 5.57. The molecule has 1 aromatic carbocycles. The van der Waals surface area contributed by atoms with E-state index in [9.17, 15) is 4.79 Å². The lowest BCUT2D eigenvalue weighted by Crippen LogP contribution is -2.31. The Hall–Kier alpha value is -1.13. The smallest absolute Gasteiger partial charge is 0.197 e. The van der Waals surface area contributed by atoms with Crippen LogP contribution < -0.4 is 5.43 Å². The first kappa shape index (κ1) is 11.0. The van der Waals surface area contributed by atoms with Crippen molar-refractivity contribution in [3.8, 4) is 0 Å². The van der Waals surface area contributed by atoms with E-state index in [1.807, 2.05) is 25.2 Å². The molecule has 0 atom stereocenters. The Morgan fingerprint density at radius 3 is 3.06 bits per heavy atom. The van der Waals surface area contributed by atoms with E-state index in [-0.39, 0.29) is 5.43 Å². The minimum atomic E-state index is 0.106. The van der Waals surface area contributed by atoms with Crippen LogP contribution in [0.1, 0.15) is 11.3 Å². The molecule has 0 unspecified atom stereocenters. The van der Waals surface area contributed by atoms with E-state index in [1.165, 1.54) is 0 Å². The van der Waals surface area contributed by atoms with Gasteiger partial charge in [-0.15, -0.1) is 0 Å². The summed E-state index contributed by atoms with van der Waals surface area (Å²) in [6.07, 6.45) is 0.813. The molecule has 0 bridgehead atoms. The van der Waals surface area contributed by atoms with E-state index < -0.39 is 0 Å². The molecule has 2 aromatic rings. The lowest BCUT2D eigenvalue weighted by molar-refractivity contribution is 0.289. The zero-order valence-electron chi connectivity index (χ0n) is 9.50. The van der Waals surface area contributed by atoms with Gasteiger partial charge in [-0.1, -0.05) is 15.9 Å². The molecule has 0 N–H and O–H groups in total. The summed E-state index contributed by atoms with van der Waals surface area (Å²) in [7, 11) is 2.02. The van der Waals surface area contributed by atoms with Crippen LogP contribution in [-0.2, 0) is 13.0 Å². The van der Waals surface area contributed by atoms with Crippen molar-refractivity contribution >= 4 is 26.9 Å². The van der Waals surface area contributed by atoms with Gasteiger partial charge in [0.15, 0.2) is 5.43 Å². The molecule has 0 saturated heterocycles. The molecule has 3 nitrogen and oxygen atoms in total. The van der Waals surface area contributed by atoms with E-state index >= 15 is 0 Å². The van der Waals surface area contributed by atoms with Crippen LogP contribution in [0.5, 0.6) is 0 Å².